The van der Waals surface area contributed by atoms with Gasteiger partial charge in [-0.2, -0.15) is 0 Å². The Morgan fingerprint density at radius 3 is 1.97 bits per heavy atom. The standard InChI is InChI=1S/C31H23N3O/c1-2-30-32-28-19-23(17-18-29(28)35-30)24-15-9-10-16-25(24)27-20-26(21-11-5-3-6-12-21)33-31(34-27)22-13-7-4-8-14-22/h3-20H,2H2,1H3. The monoisotopic (exact) mass is 453 g/mol. The van der Waals surface area contributed by atoms with E-state index in [1.807, 2.05) is 61.5 Å². The fourth-order valence-electron chi connectivity index (χ4n) is 4.31. The van der Waals surface area contributed by atoms with Gasteiger partial charge in [0, 0.05) is 23.1 Å². The fraction of sp³-hybridized carbons (Fsp3) is 0.0645. The van der Waals surface area contributed by atoms with Crippen LogP contribution in [0.3, 0.4) is 0 Å². The maximum absolute atomic E-state index is 5.82. The smallest absolute Gasteiger partial charge is 0.195 e. The van der Waals surface area contributed by atoms with Crippen LogP contribution in [0, 0.1) is 0 Å². The quantitative estimate of drug-likeness (QED) is 0.267. The maximum Gasteiger partial charge on any atom is 0.195 e. The van der Waals surface area contributed by atoms with E-state index in [4.69, 9.17) is 14.4 Å². The average molecular weight is 454 g/mol. The summed E-state index contributed by atoms with van der Waals surface area (Å²) in [5.74, 6) is 1.46. The van der Waals surface area contributed by atoms with E-state index in [1.54, 1.807) is 0 Å². The first-order valence-corrected chi connectivity index (χ1v) is 11.8. The lowest BCUT2D eigenvalue weighted by Gasteiger charge is -2.13. The Hall–Kier alpha value is -4.57. The predicted molar refractivity (Wildman–Crippen MR) is 141 cm³/mol. The van der Waals surface area contributed by atoms with Crippen molar-refractivity contribution in [2.24, 2.45) is 0 Å². The van der Waals surface area contributed by atoms with Gasteiger partial charge in [-0.3, -0.25) is 0 Å². The summed E-state index contributed by atoms with van der Waals surface area (Å²) in [5.41, 5.74) is 8.70. The van der Waals surface area contributed by atoms with Crippen molar-refractivity contribution in [2.45, 2.75) is 13.3 Å². The van der Waals surface area contributed by atoms with Crippen molar-refractivity contribution in [1.29, 1.82) is 0 Å². The highest BCUT2D eigenvalue weighted by molar-refractivity contribution is 5.88. The first-order chi connectivity index (χ1) is 17.3. The van der Waals surface area contributed by atoms with Crippen molar-refractivity contribution < 1.29 is 4.42 Å². The van der Waals surface area contributed by atoms with Crippen molar-refractivity contribution in [2.75, 3.05) is 0 Å². The Bertz CT molecular complexity index is 1560. The number of oxazole rings is 1. The van der Waals surface area contributed by atoms with Crippen LogP contribution in [0.15, 0.2) is 114 Å². The minimum Gasteiger partial charge on any atom is -0.441 e. The van der Waals surface area contributed by atoms with Gasteiger partial charge in [0.05, 0.1) is 11.4 Å². The van der Waals surface area contributed by atoms with E-state index in [9.17, 15) is 0 Å². The molecule has 0 aliphatic rings. The normalized spacial score (nSPS) is 11.1. The van der Waals surface area contributed by atoms with E-state index in [-0.39, 0.29) is 0 Å². The number of hydrogen-bond acceptors (Lipinski definition) is 4. The molecule has 4 aromatic carbocycles. The second kappa shape index (κ2) is 8.99. The van der Waals surface area contributed by atoms with Crippen molar-refractivity contribution in [3.63, 3.8) is 0 Å². The summed E-state index contributed by atoms with van der Waals surface area (Å²) in [6.07, 6.45) is 0.770. The molecule has 0 saturated heterocycles. The topological polar surface area (TPSA) is 51.8 Å². The average Bonchev–Trinajstić information content (AvgIpc) is 3.36. The highest BCUT2D eigenvalue weighted by Crippen LogP contribution is 2.35. The van der Waals surface area contributed by atoms with Crippen molar-refractivity contribution >= 4 is 11.1 Å². The molecule has 2 aromatic heterocycles. The molecule has 0 aliphatic heterocycles. The summed E-state index contributed by atoms with van der Waals surface area (Å²) in [6.45, 7) is 2.05. The van der Waals surface area contributed by atoms with Crippen LogP contribution in [0.2, 0.25) is 0 Å². The molecule has 0 N–H and O–H groups in total. The molecule has 0 atom stereocenters. The van der Waals surface area contributed by atoms with E-state index in [1.165, 1.54) is 0 Å². The van der Waals surface area contributed by atoms with Gasteiger partial charge in [0.15, 0.2) is 17.3 Å². The first-order valence-electron chi connectivity index (χ1n) is 11.8. The molecule has 0 aliphatic carbocycles. The van der Waals surface area contributed by atoms with Crippen molar-refractivity contribution in [3.05, 3.63) is 115 Å². The lowest BCUT2D eigenvalue weighted by atomic mass is 9.96. The second-order valence-corrected chi connectivity index (χ2v) is 8.38. The Kier molecular flexibility index (Phi) is 5.39. The third-order valence-corrected chi connectivity index (χ3v) is 6.08. The van der Waals surface area contributed by atoms with Gasteiger partial charge in [0.25, 0.3) is 0 Å². The number of aromatic nitrogens is 3. The molecule has 2 heterocycles. The van der Waals surface area contributed by atoms with Gasteiger partial charge in [0.2, 0.25) is 0 Å². The minimum absolute atomic E-state index is 0.705. The third kappa shape index (κ3) is 4.11. The molecule has 168 valence electrons. The van der Waals surface area contributed by atoms with Crippen molar-refractivity contribution in [1.82, 2.24) is 15.0 Å². The zero-order valence-corrected chi connectivity index (χ0v) is 19.3. The molecule has 0 amide bonds. The van der Waals surface area contributed by atoms with Crippen LogP contribution in [-0.4, -0.2) is 15.0 Å². The Balaban J connectivity index is 1.54. The third-order valence-electron chi connectivity index (χ3n) is 6.08. The number of aryl methyl sites for hydroxylation is 1. The van der Waals surface area contributed by atoms with Gasteiger partial charge in [0.1, 0.15) is 5.52 Å². The van der Waals surface area contributed by atoms with Gasteiger partial charge in [-0.1, -0.05) is 97.9 Å². The van der Waals surface area contributed by atoms with E-state index in [0.29, 0.717) is 5.82 Å². The summed E-state index contributed by atoms with van der Waals surface area (Å²) in [5, 5.41) is 0. The van der Waals surface area contributed by atoms with Crippen molar-refractivity contribution in [3.8, 4) is 45.0 Å². The van der Waals surface area contributed by atoms with Gasteiger partial charge in [-0.25, -0.2) is 15.0 Å². The van der Waals surface area contributed by atoms with Crippen LogP contribution in [0.4, 0.5) is 0 Å². The molecule has 35 heavy (non-hydrogen) atoms. The lowest BCUT2D eigenvalue weighted by Crippen LogP contribution is -1.97. The molecular formula is C31H23N3O. The number of hydrogen-bond donors (Lipinski definition) is 0. The van der Waals surface area contributed by atoms with Gasteiger partial charge in [-0.05, 0) is 29.3 Å². The van der Waals surface area contributed by atoms with E-state index in [0.717, 1.165) is 62.6 Å². The minimum atomic E-state index is 0.705. The van der Waals surface area contributed by atoms with E-state index in [2.05, 4.69) is 59.6 Å². The molecule has 0 unspecified atom stereocenters. The lowest BCUT2D eigenvalue weighted by molar-refractivity contribution is 0.538. The largest absolute Gasteiger partial charge is 0.441 e. The summed E-state index contributed by atoms with van der Waals surface area (Å²) in [4.78, 5) is 14.6. The summed E-state index contributed by atoms with van der Waals surface area (Å²) < 4.78 is 5.82. The van der Waals surface area contributed by atoms with Crippen LogP contribution in [0.25, 0.3) is 56.1 Å². The van der Waals surface area contributed by atoms with Crippen LogP contribution < -0.4 is 0 Å². The molecule has 0 bridgehead atoms. The summed E-state index contributed by atoms with van der Waals surface area (Å²) in [7, 11) is 0. The van der Waals surface area contributed by atoms with Crippen LogP contribution in [-0.2, 0) is 6.42 Å². The molecule has 0 fully saturated rings. The van der Waals surface area contributed by atoms with Gasteiger partial charge >= 0.3 is 0 Å². The molecule has 0 saturated carbocycles. The fourth-order valence-corrected chi connectivity index (χ4v) is 4.31. The number of benzene rings is 4. The number of fused-ring (bicyclic) bond motifs is 1. The molecule has 4 heteroatoms. The zero-order chi connectivity index (χ0) is 23.6. The molecule has 0 radical (unpaired) electrons. The highest BCUT2D eigenvalue weighted by Gasteiger charge is 2.15. The highest BCUT2D eigenvalue weighted by atomic mass is 16.3. The second-order valence-electron chi connectivity index (χ2n) is 8.38. The molecule has 6 aromatic rings. The first kappa shape index (κ1) is 21.0. The molecule has 4 nitrogen and oxygen atoms in total. The molecule has 6 rings (SSSR count). The van der Waals surface area contributed by atoms with Crippen LogP contribution >= 0.6 is 0 Å². The Morgan fingerprint density at radius 2 is 1.23 bits per heavy atom. The number of nitrogens with zero attached hydrogens (tertiary/aromatic N) is 3. The molecular weight excluding hydrogens is 430 g/mol. The Labute approximate surface area is 204 Å². The Morgan fingerprint density at radius 1 is 0.571 bits per heavy atom. The van der Waals surface area contributed by atoms with Gasteiger partial charge in [-0.15, -0.1) is 0 Å². The zero-order valence-electron chi connectivity index (χ0n) is 19.3. The maximum atomic E-state index is 5.82. The van der Waals surface area contributed by atoms with E-state index >= 15 is 0 Å². The van der Waals surface area contributed by atoms with Crippen LogP contribution in [0.1, 0.15) is 12.8 Å². The van der Waals surface area contributed by atoms with E-state index < -0.39 is 0 Å². The van der Waals surface area contributed by atoms with Crippen LogP contribution in [0.5, 0.6) is 0 Å². The predicted octanol–water partition coefficient (Wildman–Crippen LogP) is 7.85. The summed E-state index contributed by atoms with van der Waals surface area (Å²) in [6, 6.07) is 37.0. The number of rotatable bonds is 5. The summed E-state index contributed by atoms with van der Waals surface area (Å²) >= 11 is 0. The van der Waals surface area contributed by atoms with Gasteiger partial charge < -0.3 is 4.42 Å². The molecule has 0 spiro atoms. The SMILES string of the molecule is CCc1nc2cc(-c3ccccc3-c3cc(-c4ccccc4)nc(-c4ccccc4)n3)ccc2o1.